The van der Waals surface area contributed by atoms with Crippen LogP contribution < -0.4 is 10.6 Å². The smallest absolute Gasteiger partial charge is 0.256 e. The second-order valence-corrected chi connectivity index (χ2v) is 7.78. The van der Waals surface area contributed by atoms with Gasteiger partial charge in [0.2, 0.25) is 0 Å². The molecule has 0 radical (unpaired) electrons. The SMILES string of the molecule is CCN1CCc2c(sc3c2C(=O)N[C@@H](/C(C)=C/c2ccccc2)N3)C1. The van der Waals surface area contributed by atoms with Gasteiger partial charge < -0.3 is 10.6 Å². The van der Waals surface area contributed by atoms with Crippen molar-refractivity contribution < 1.29 is 4.79 Å². The molecule has 0 unspecified atom stereocenters. The minimum absolute atomic E-state index is 0.0574. The van der Waals surface area contributed by atoms with Crippen molar-refractivity contribution >= 4 is 28.3 Å². The van der Waals surface area contributed by atoms with Crippen molar-refractivity contribution in [3.63, 3.8) is 0 Å². The largest absolute Gasteiger partial charge is 0.353 e. The summed E-state index contributed by atoms with van der Waals surface area (Å²) >= 11 is 1.75. The third-order valence-corrected chi connectivity index (χ3v) is 6.16. The summed E-state index contributed by atoms with van der Waals surface area (Å²) in [6.07, 6.45) is 2.94. The predicted molar refractivity (Wildman–Crippen MR) is 104 cm³/mol. The van der Waals surface area contributed by atoms with E-state index in [0.29, 0.717) is 0 Å². The van der Waals surface area contributed by atoms with E-state index in [1.165, 1.54) is 10.4 Å². The predicted octanol–water partition coefficient (Wildman–Crippen LogP) is 3.71. The molecular weight excluding hydrogens is 330 g/mol. The fourth-order valence-corrected chi connectivity index (χ4v) is 4.88. The Labute approximate surface area is 152 Å². The maximum Gasteiger partial charge on any atom is 0.256 e. The molecule has 0 fully saturated rings. The molecular formula is C20H23N3OS. The van der Waals surface area contributed by atoms with E-state index in [1.54, 1.807) is 11.3 Å². The quantitative estimate of drug-likeness (QED) is 0.884. The van der Waals surface area contributed by atoms with E-state index in [0.717, 1.165) is 47.8 Å². The summed E-state index contributed by atoms with van der Waals surface area (Å²) in [5, 5.41) is 7.69. The molecule has 130 valence electrons. The monoisotopic (exact) mass is 353 g/mol. The Morgan fingerprint density at radius 1 is 1.32 bits per heavy atom. The van der Waals surface area contributed by atoms with Crippen molar-refractivity contribution in [3.05, 3.63) is 57.5 Å². The molecule has 0 saturated carbocycles. The van der Waals surface area contributed by atoms with Gasteiger partial charge in [0.15, 0.2) is 0 Å². The van der Waals surface area contributed by atoms with E-state index in [9.17, 15) is 4.79 Å². The van der Waals surface area contributed by atoms with E-state index in [4.69, 9.17) is 0 Å². The molecule has 2 aliphatic rings. The van der Waals surface area contributed by atoms with E-state index < -0.39 is 0 Å². The summed E-state index contributed by atoms with van der Waals surface area (Å²) in [4.78, 5) is 16.5. The molecule has 0 aliphatic carbocycles. The van der Waals surface area contributed by atoms with Gasteiger partial charge in [0.25, 0.3) is 5.91 Å². The Morgan fingerprint density at radius 2 is 2.12 bits per heavy atom. The Morgan fingerprint density at radius 3 is 2.88 bits per heavy atom. The number of anilines is 1. The molecule has 2 N–H and O–H groups in total. The number of nitrogens with zero attached hydrogens (tertiary/aromatic N) is 1. The lowest BCUT2D eigenvalue weighted by Crippen LogP contribution is -2.45. The van der Waals surface area contributed by atoms with Crippen LogP contribution in [0, 0.1) is 0 Å². The Kier molecular flexibility index (Phi) is 4.36. The normalized spacial score (nSPS) is 20.5. The average Bonchev–Trinajstić information content (AvgIpc) is 3.00. The molecule has 0 saturated heterocycles. The molecule has 5 heteroatoms. The van der Waals surface area contributed by atoms with Crippen LogP contribution in [-0.4, -0.2) is 30.1 Å². The number of amides is 1. The van der Waals surface area contributed by atoms with E-state index in [2.05, 4.69) is 47.6 Å². The highest BCUT2D eigenvalue weighted by Gasteiger charge is 2.32. The minimum atomic E-state index is -0.150. The van der Waals surface area contributed by atoms with Gasteiger partial charge in [-0.1, -0.05) is 43.3 Å². The standard InChI is InChI=1S/C20H23N3OS/c1-3-23-10-9-15-16(12-23)25-20-17(15)19(24)21-18(22-20)13(2)11-14-7-5-4-6-8-14/h4-8,11,18,22H,3,9-10,12H2,1-2H3,(H,21,24)/b13-11+/t18-/m1/s1. The first kappa shape index (κ1) is 16.4. The molecule has 2 aliphatic heterocycles. The van der Waals surface area contributed by atoms with Crippen LogP contribution in [0.5, 0.6) is 0 Å². The summed E-state index contributed by atoms with van der Waals surface area (Å²) in [6, 6.07) is 10.2. The molecule has 3 heterocycles. The van der Waals surface area contributed by atoms with Gasteiger partial charge in [0, 0.05) is 18.0 Å². The van der Waals surface area contributed by atoms with Crippen molar-refractivity contribution in [2.75, 3.05) is 18.4 Å². The van der Waals surface area contributed by atoms with Crippen molar-refractivity contribution in [1.82, 2.24) is 10.2 Å². The first-order chi connectivity index (χ1) is 12.2. The van der Waals surface area contributed by atoms with Crippen LogP contribution in [0.4, 0.5) is 5.00 Å². The molecule has 1 aromatic heterocycles. The number of nitrogens with one attached hydrogen (secondary N) is 2. The molecule has 1 aromatic carbocycles. The summed E-state index contributed by atoms with van der Waals surface area (Å²) in [5.74, 6) is 0.0574. The molecule has 1 amide bonds. The van der Waals surface area contributed by atoms with Crippen LogP contribution in [-0.2, 0) is 13.0 Å². The van der Waals surface area contributed by atoms with Crippen molar-refractivity contribution in [2.24, 2.45) is 0 Å². The van der Waals surface area contributed by atoms with E-state index in [1.807, 2.05) is 18.2 Å². The summed E-state index contributed by atoms with van der Waals surface area (Å²) < 4.78 is 0. The van der Waals surface area contributed by atoms with Gasteiger partial charge in [-0.05, 0) is 36.6 Å². The highest BCUT2D eigenvalue weighted by molar-refractivity contribution is 7.16. The zero-order chi connectivity index (χ0) is 17.4. The number of hydrogen-bond donors (Lipinski definition) is 2. The lowest BCUT2D eigenvalue weighted by molar-refractivity contribution is 0.0940. The topological polar surface area (TPSA) is 44.4 Å². The third-order valence-electron chi connectivity index (χ3n) is 5.01. The number of thiophene rings is 1. The van der Waals surface area contributed by atoms with Crippen molar-refractivity contribution in [3.8, 4) is 0 Å². The number of hydrogen-bond acceptors (Lipinski definition) is 4. The molecule has 4 nitrogen and oxygen atoms in total. The van der Waals surface area contributed by atoms with Gasteiger partial charge in [-0.15, -0.1) is 11.3 Å². The highest BCUT2D eigenvalue weighted by Crippen LogP contribution is 2.39. The molecule has 2 aromatic rings. The van der Waals surface area contributed by atoms with Crippen LogP contribution in [0.2, 0.25) is 0 Å². The van der Waals surface area contributed by atoms with Crippen LogP contribution in [0.1, 0.15) is 40.2 Å². The van der Waals surface area contributed by atoms with Crippen molar-refractivity contribution in [1.29, 1.82) is 0 Å². The number of carbonyl (C=O) groups excluding carboxylic acids is 1. The van der Waals surface area contributed by atoms with Gasteiger partial charge in [0.05, 0.1) is 5.56 Å². The van der Waals surface area contributed by atoms with Crippen LogP contribution in [0.15, 0.2) is 35.9 Å². The second-order valence-electron chi connectivity index (χ2n) is 6.68. The molecule has 0 bridgehead atoms. The Balaban J connectivity index is 1.61. The van der Waals surface area contributed by atoms with Crippen LogP contribution >= 0.6 is 11.3 Å². The summed E-state index contributed by atoms with van der Waals surface area (Å²) in [5.41, 5.74) is 4.37. The zero-order valence-corrected chi connectivity index (χ0v) is 15.5. The maximum atomic E-state index is 12.8. The fraction of sp³-hybridized carbons (Fsp3) is 0.350. The van der Waals surface area contributed by atoms with Gasteiger partial charge in [-0.3, -0.25) is 9.69 Å². The Bertz CT molecular complexity index is 825. The first-order valence-electron chi connectivity index (χ1n) is 8.83. The molecule has 0 spiro atoms. The van der Waals surface area contributed by atoms with Gasteiger partial charge in [-0.2, -0.15) is 0 Å². The van der Waals surface area contributed by atoms with Gasteiger partial charge in [-0.25, -0.2) is 0 Å². The number of likely N-dealkylation sites (N-methyl/N-ethyl adjacent to an activating group) is 1. The minimum Gasteiger partial charge on any atom is -0.353 e. The maximum absolute atomic E-state index is 12.8. The molecule has 4 rings (SSSR count). The summed E-state index contributed by atoms with van der Waals surface area (Å²) in [6.45, 7) is 7.31. The highest BCUT2D eigenvalue weighted by atomic mass is 32.1. The number of fused-ring (bicyclic) bond motifs is 3. The number of benzene rings is 1. The zero-order valence-electron chi connectivity index (χ0n) is 14.6. The van der Waals surface area contributed by atoms with E-state index in [-0.39, 0.29) is 12.1 Å². The van der Waals surface area contributed by atoms with Gasteiger partial charge >= 0.3 is 0 Å². The number of rotatable bonds is 3. The van der Waals surface area contributed by atoms with Gasteiger partial charge in [0.1, 0.15) is 11.2 Å². The summed E-state index contributed by atoms with van der Waals surface area (Å²) in [7, 11) is 0. The van der Waals surface area contributed by atoms with E-state index >= 15 is 0 Å². The van der Waals surface area contributed by atoms with Crippen molar-refractivity contribution in [2.45, 2.75) is 33.0 Å². The van der Waals surface area contributed by atoms with Crippen LogP contribution in [0.3, 0.4) is 0 Å². The third kappa shape index (κ3) is 3.10. The first-order valence-corrected chi connectivity index (χ1v) is 9.65. The molecule has 1 atom stereocenters. The fourth-order valence-electron chi connectivity index (χ4n) is 3.56. The number of carbonyl (C=O) groups is 1. The lowest BCUT2D eigenvalue weighted by Gasteiger charge is -2.28. The second kappa shape index (κ2) is 6.65. The molecule has 25 heavy (non-hydrogen) atoms. The average molecular weight is 353 g/mol. The lowest BCUT2D eigenvalue weighted by atomic mass is 10.00. The van der Waals surface area contributed by atoms with Crippen LogP contribution in [0.25, 0.3) is 6.08 Å². The Hall–Kier alpha value is -2.11.